The molecular weight excluding hydrogens is 196 g/mol. The Kier molecular flexibility index (Phi) is 2.70. The summed E-state index contributed by atoms with van der Waals surface area (Å²) in [5.41, 5.74) is 0.137. The molecule has 0 amide bonds. The van der Waals surface area contributed by atoms with E-state index in [2.05, 4.69) is 6.58 Å². The largest absolute Gasteiger partial charge is 0.507 e. The summed E-state index contributed by atoms with van der Waals surface area (Å²) in [4.78, 5) is 10.9. The van der Waals surface area contributed by atoms with Gasteiger partial charge in [0, 0.05) is 16.0 Å². The molecule has 0 aromatic heterocycles. The summed E-state index contributed by atoms with van der Waals surface area (Å²) in [6, 6.07) is 0. The van der Waals surface area contributed by atoms with Gasteiger partial charge in [-0.15, -0.1) is 0 Å². The number of carbonyl (C=O) groups is 1. The lowest BCUT2D eigenvalue weighted by Gasteiger charge is -2.06. The summed E-state index contributed by atoms with van der Waals surface area (Å²) in [5, 5.41) is 28.7. The van der Waals surface area contributed by atoms with Crippen molar-refractivity contribution in [3.8, 4) is 17.2 Å². The first-order chi connectivity index (χ1) is 6.86. The van der Waals surface area contributed by atoms with Gasteiger partial charge in [-0.05, 0) is 19.9 Å². The van der Waals surface area contributed by atoms with Crippen LogP contribution in [0, 0.1) is 6.92 Å². The third kappa shape index (κ3) is 1.79. The van der Waals surface area contributed by atoms with E-state index in [1.54, 1.807) is 0 Å². The topological polar surface area (TPSA) is 77.8 Å². The van der Waals surface area contributed by atoms with Gasteiger partial charge >= 0.3 is 0 Å². The van der Waals surface area contributed by atoms with E-state index in [-0.39, 0.29) is 27.5 Å². The predicted molar refractivity (Wildman–Crippen MR) is 56.1 cm³/mol. The molecule has 0 bridgehead atoms. The molecule has 1 aromatic carbocycles. The van der Waals surface area contributed by atoms with Crippen LogP contribution in [-0.4, -0.2) is 21.1 Å². The molecule has 0 radical (unpaired) electrons. The number of hydrogen-bond acceptors (Lipinski definition) is 4. The lowest BCUT2D eigenvalue weighted by Crippen LogP contribution is -2.25. The van der Waals surface area contributed by atoms with Crippen LogP contribution in [0.25, 0.3) is 12.7 Å². The second kappa shape index (κ2) is 3.65. The molecule has 0 atom stereocenters. The zero-order chi connectivity index (χ0) is 11.7. The summed E-state index contributed by atoms with van der Waals surface area (Å²) < 4.78 is 0. The Hall–Kier alpha value is -1.97. The van der Waals surface area contributed by atoms with E-state index in [0.29, 0.717) is 0 Å². The number of benzene rings is 1. The summed E-state index contributed by atoms with van der Waals surface area (Å²) in [6.07, 6.45) is 1.11. The third-order valence-corrected chi connectivity index (χ3v) is 2.15. The van der Waals surface area contributed by atoms with Gasteiger partial charge in [0.25, 0.3) is 0 Å². The van der Waals surface area contributed by atoms with Gasteiger partial charge in [-0.1, -0.05) is 6.58 Å². The number of aromatic hydroxyl groups is 3. The van der Waals surface area contributed by atoms with Crippen LogP contribution < -0.4 is 10.4 Å². The van der Waals surface area contributed by atoms with Crippen molar-refractivity contribution in [3.05, 3.63) is 16.0 Å². The number of carbonyl (C=O) groups excluding carboxylic acids is 1. The second-order valence-corrected chi connectivity index (χ2v) is 3.32. The first kappa shape index (κ1) is 11.1. The van der Waals surface area contributed by atoms with Gasteiger partial charge < -0.3 is 15.3 Å². The monoisotopic (exact) mass is 208 g/mol. The normalized spacial score (nSPS) is 11.7. The zero-order valence-electron chi connectivity index (χ0n) is 8.53. The zero-order valence-corrected chi connectivity index (χ0v) is 8.53. The molecule has 4 heteroatoms. The predicted octanol–water partition coefficient (Wildman–Crippen LogP) is -0.108. The van der Waals surface area contributed by atoms with Crippen LogP contribution in [0.15, 0.2) is 0 Å². The minimum Gasteiger partial charge on any atom is -0.507 e. The van der Waals surface area contributed by atoms with E-state index in [9.17, 15) is 20.1 Å². The Morgan fingerprint density at radius 1 is 1.20 bits per heavy atom. The van der Waals surface area contributed by atoms with Gasteiger partial charge in [0.2, 0.25) is 0 Å². The van der Waals surface area contributed by atoms with Crippen molar-refractivity contribution in [3.63, 3.8) is 0 Å². The average molecular weight is 208 g/mol. The van der Waals surface area contributed by atoms with Crippen molar-refractivity contribution in [2.45, 2.75) is 13.8 Å². The van der Waals surface area contributed by atoms with Gasteiger partial charge in [-0.3, -0.25) is 4.79 Å². The van der Waals surface area contributed by atoms with Crippen molar-refractivity contribution in [1.82, 2.24) is 0 Å². The fourth-order valence-electron chi connectivity index (χ4n) is 1.27. The van der Waals surface area contributed by atoms with E-state index >= 15 is 0 Å². The van der Waals surface area contributed by atoms with Crippen molar-refractivity contribution in [2.24, 2.45) is 0 Å². The van der Waals surface area contributed by atoms with Crippen LogP contribution in [0.5, 0.6) is 17.2 Å². The van der Waals surface area contributed by atoms with Gasteiger partial charge in [-0.2, -0.15) is 0 Å². The molecule has 0 spiro atoms. The summed E-state index contributed by atoms with van der Waals surface area (Å²) >= 11 is 0. The number of phenolic OH excluding ortho intramolecular Hbond substituents is 3. The number of Topliss-reactive ketones (excluding diaryl/α,β-unsaturated/α-hetero) is 1. The quantitative estimate of drug-likeness (QED) is 0.444. The number of phenols is 3. The molecule has 3 N–H and O–H groups in total. The maximum absolute atomic E-state index is 10.9. The van der Waals surface area contributed by atoms with E-state index in [0.717, 1.165) is 6.08 Å². The summed E-state index contributed by atoms with van der Waals surface area (Å²) in [7, 11) is 0. The number of ketones is 1. The van der Waals surface area contributed by atoms with Crippen molar-refractivity contribution in [1.29, 1.82) is 0 Å². The Balaban J connectivity index is 3.84. The standard InChI is InChI=1S/C11H12O4/c1-5(12)4-8-6(2)9(13)7(3)10(14)11(8)15/h4,13-15H,2H2,1,3H3. The second-order valence-electron chi connectivity index (χ2n) is 3.32. The van der Waals surface area contributed by atoms with Crippen molar-refractivity contribution >= 4 is 18.4 Å². The van der Waals surface area contributed by atoms with Gasteiger partial charge in [0.1, 0.15) is 5.75 Å². The SMILES string of the molecule is C=c1c(O)c(C)c(O)c(O)c1=CC(C)=O. The molecule has 4 nitrogen and oxygen atoms in total. The Bertz CT molecular complexity index is 529. The Labute approximate surface area is 86.4 Å². The van der Waals surface area contributed by atoms with Crippen LogP contribution in [0.2, 0.25) is 0 Å². The molecule has 80 valence electrons. The number of rotatable bonds is 1. The van der Waals surface area contributed by atoms with E-state index < -0.39 is 11.5 Å². The van der Waals surface area contributed by atoms with Crippen LogP contribution in [-0.2, 0) is 4.79 Å². The highest BCUT2D eigenvalue weighted by Crippen LogP contribution is 2.27. The first-order valence-corrected chi connectivity index (χ1v) is 4.31. The minimum absolute atomic E-state index is 0.0445. The van der Waals surface area contributed by atoms with Crippen molar-refractivity contribution in [2.75, 3.05) is 0 Å². The highest BCUT2D eigenvalue weighted by Gasteiger charge is 2.11. The van der Waals surface area contributed by atoms with Crippen LogP contribution in [0.3, 0.4) is 0 Å². The van der Waals surface area contributed by atoms with Gasteiger partial charge in [0.05, 0.1) is 0 Å². The van der Waals surface area contributed by atoms with E-state index in [1.807, 2.05) is 0 Å². The van der Waals surface area contributed by atoms with Crippen LogP contribution in [0.4, 0.5) is 0 Å². The van der Waals surface area contributed by atoms with Gasteiger partial charge in [0.15, 0.2) is 17.3 Å². The van der Waals surface area contributed by atoms with Crippen molar-refractivity contribution < 1.29 is 20.1 Å². The molecule has 0 aliphatic rings. The smallest absolute Gasteiger partial charge is 0.166 e. The molecule has 0 aliphatic heterocycles. The summed E-state index contributed by atoms with van der Waals surface area (Å²) in [6.45, 7) is 6.27. The molecule has 1 rings (SSSR count). The van der Waals surface area contributed by atoms with E-state index in [4.69, 9.17) is 0 Å². The molecule has 0 aliphatic carbocycles. The first-order valence-electron chi connectivity index (χ1n) is 4.31. The fraction of sp³-hybridized carbons (Fsp3) is 0.182. The highest BCUT2D eigenvalue weighted by atomic mass is 16.3. The lowest BCUT2D eigenvalue weighted by atomic mass is 10.1. The number of hydrogen-bond donors (Lipinski definition) is 3. The average Bonchev–Trinajstić information content (AvgIpc) is 2.18. The van der Waals surface area contributed by atoms with E-state index in [1.165, 1.54) is 13.8 Å². The fourth-order valence-corrected chi connectivity index (χ4v) is 1.27. The molecule has 1 aromatic rings. The molecule has 0 fully saturated rings. The minimum atomic E-state index is -0.439. The molecule has 15 heavy (non-hydrogen) atoms. The lowest BCUT2D eigenvalue weighted by molar-refractivity contribution is -0.111. The maximum atomic E-state index is 10.9. The van der Waals surface area contributed by atoms with Gasteiger partial charge in [-0.25, -0.2) is 0 Å². The van der Waals surface area contributed by atoms with Crippen LogP contribution in [0.1, 0.15) is 12.5 Å². The maximum Gasteiger partial charge on any atom is 0.166 e. The summed E-state index contributed by atoms with van der Waals surface area (Å²) in [5.74, 6) is -1.41. The highest BCUT2D eigenvalue weighted by molar-refractivity contribution is 6.04. The molecule has 0 heterocycles. The molecule has 0 saturated heterocycles. The molecule has 0 unspecified atom stereocenters. The van der Waals surface area contributed by atoms with Crippen LogP contribution >= 0.6 is 0 Å². The Morgan fingerprint density at radius 2 is 1.73 bits per heavy atom. The Morgan fingerprint density at radius 3 is 2.20 bits per heavy atom. The third-order valence-electron chi connectivity index (χ3n) is 2.15. The molecular formula is C11H12O4. The molecule has 0 saturated carbocycles.